The average molecular weight is 367 g/mol. The minimum atomic E-state index is -0.870. The van der Waals surface area contributed by atoms with E-state index >= 15 is 0 Å². The number of nitrogens with zero attached hydrogens (tertiary/aromatic N) is 1. The summed E-state index contributed by atoms with van der Waals surface area (Å²) >= 11 is 0. The van der Waals surface area contributed by atoms with E-state index in [-0.39, 0.29) is 17.9 Å². The molecule has 0 aromatic heterocycles. The van der Waals surface area contributed by atoms with Gasteiger partial charge < -0.3 is 14.2 Å². The molecule has 0 spiro atoms. The van der Waals surface area contributed by atoms with Crippen LogP contribution in [-0.2, 0) is 4.79 Å². The Bertz CT molecular complexity index is 938. The second-order valence-electron chi connectivity index (χ2n) is 6.27. The first-order valence-corrected chi connectivity index (χ1v) is 8.59. The van der Waals surface area contributed by atoms with Crippen LogP contribution in [0.5, 0.6) is 17.2 Å². The highest BCUT2D eigenvalue weighted by atomic mass is 16.6. The van der Waals surface area contributed by atoms with Crippen LogP contribution in [-0.4, -0.2) is 48.4 Å². The van der Waals surface area contributed by atoms with Gasteiger partial charge in [0, 0.05) is 5.56 Å². The molecule has 0 saturated carbocycles. The largest absolute Gasteiger partial charge is 0.486 e. The lowest BCUT2D eigenvalue weighted by molar-refractivity contribution is -0.134. The van der Waals surface area contributed by atoms with Crippen molar-refractivity contribution >= 4 is 17.6 Å². The number of benzene rings is 2. The van der Waals surface area contributed by atoms with Crippen molar-refractivity contribution in [1.82, 2.24) is 4.90 Å². The summed E-state index contributed by atoms with van der Waals surface area (Å²) in [6.45, 7) is 2.03. The summed E-state index contributed by atoms with van der Waals surface area (Å²) in [5, 5.41) is 0. The van der Waals surface area contributed by atoms with E-state index < -0.39 is 17.9 Å². The number of hydrogen-bond donors (Lipinski definition) is 0. The fourth-order valence-electron chi connectivity index (χ4n) is 3.05. The molecule has 0 aliphatic carbocycles. The molecule has 7 nitrogen and oxygen atoms in total. The molecule has 0 fully saturated rings. The lowest BCUT2D eigenvalue weighted by Crippen LogP contribution is -2.44. The summed E-state index contributed by atoms with van der Waals surface area (Å²) in [6.07, 6.45) is -0.870. The Balaban J connectivity index is 1.61. The standard InChI is InChI=1S/C20H17NO6/c1-12-19(23)21(20(24)14-4-2-3-5-16(14)27-12)11-15(22)13-6-7-17-18(10-13)26-9-8-25-17/h2-7,10,12H,8-9,11H2,1H3/t12-/m1/s1. The molecule has 2 aromatic rings. The third-order valence-electron chi connectivity index (χ3n) is 4.45. The normalized spacial score (nSPS) is 18.4. The third kappa shape index (κ3) is 3.12. The van der Waals surface area contributed by atoms with Crippen molar-refractivity contribution in [3.63, 3.8) is 0 Å². The molecule has 2 aliphatic heterocycles. The lowest BCUT2D eigenvalue weighted by Gasteiger charge is -2.21. The number of hydrogen-bond acceptors (Lipinski definition) is 6. The molecule has 0 radical (unpaired) electrons. The zero-order chi connectivity index (χ0) is 19.0. The third-order valence-corrected chi connectivity index (χ3v) is 4.45. The molecule has 138 valence electrons. The monoisotopic (exact) mass is 367 g/mol. The Labute approximate surface area is 155 Å². The van der Waals surface area contributed by atoms with E-state index in [1.165, 1.54) is 0 Å². The van der Waals surface area contributed by atoms with Crippen LogP contribution in [0.1, 0.15) is 27.6 Å². The molecule has 0 N–H and O–H groups in total. The van der Waals surface area contributed by atoms with Crippen LogP contribution in [0.25, 0.3) is 0 Å². The SMILES string of the molecule is C[C@H]1Oc2ccccc2C(=O)N(CC(=O)c2ccc3c(c2)OCCO3)C1=O. The van der Waals surface area contributed by atoms with Gasteiger partial charge in [-0.2, -0.15) is 0 Å². The first-order chi connectivity index (χ1) is 13.0. The smallest absolute Gasteiger partial charge is 0.270 e. The van der Waals surface area contributed by atoms with E-state index in [2.05, 4.69) is 0 Å². The second-order valence-corrected chi connectivity index (χ2v) is 6.27. The van der Waals surface area contributed by atoms with Crippen LogP contribution >= 0.6 is 0 Å². The predicted molar refractivity (Wildman–Crippen MR) is 94.3 cm³/mol. The molecule has 27 heavy (non-hydrogen) atoms. The molecule has 4 rings (SSSR count). The summed E-state index contributed by atoms with van der Waals surface area (Å²) in [7, 11) is 0. The number of carbonyl (C=O) groups excluding carboxylic acids is 3. The van der Waals surface area contributed by atoms with Crippen molar-refractivity contribution in [3.05, 3.63) is 53.6 Å². The molecule has 0 saturated heterocycles. The summed E-state index contributed by atoms with van der Waals surface area (Å²) in [6, 6.07) is 11.4. The van der Waals surface area contributed by atoms with Gasteiger partial charge in [0.25, 0.3) is 11.8 Å². The number of rotatable bonds is 3. The lowest BCUT2D eigenvalue weighted by atomic mass is 10.1. The zero-order valence-electron chi connectivity index (χ0n) is 14.6. The Morgan fingerprint density at radius 2 is 1.78 bits per heavy atom. The van der Waals surface area contributed by atoms with Crippen LogP contribution in [0.4, 0.5) is 0 Å². The maximum atomic E-state index is 12.8. The van der Waals surface area contributed by atoms with E-state index in [0.717, 1.165) is 4.90 Å². The number of imide groups is 1. The van der Waals surface area contributed by atoms with Gasteiger partial charge in [0.05, 0.1) is 12.1 Å². The van der Waals surface area contributed by atoms with Gasteiger partial charge in [-0.3, -0.25) is 19.3 Å². The van der Waals surface area contributed by atoms with Crippen molar-refractivity contribution in [2.75, 3.05) is 19.8 Å². The Hall–Kier alpha value is -3.35. The number of fused-ring (bicyclic) bond motifs is 2. The summed E-state index contributed by atoms with van der Waals surface area (Å²) in [4.78, 5) is 39.1. The van der Waals surface area contributed by atoms with Crippen LogP contribution in [0.3, 0.4) is 0 Å². The predicted octanol–water partition coefficient (Wildman–Crippen LogP) is 2.09. The van der Waals surface area contributed by atoms with Crippen LogP contribution < -0.4 is 14.2 Å². The van der Waals surface area contributed by atoms with E-state index in [4.69, 9.17) is 14.2 Å². The highest BCUT2D eigenvalue weighted by Crippen LogP contribution is 2.31. The number of amides is 2. The molecule has 0 unspecified atom stereocenters. The molecule has 2 heterocycles. The summed E-state index contributed by atoms with van der Waals surface area (Å²) in [5.74, 6) is -0.107. The Kier molecular flexibility index (Phi) is 4.27. The van der Waals surface area contributed by atoms with Crippen LogP contribution in [0.15, 0.2) is 42.5 Å². The minimum absolute atomic E-state index is 0.255. The first-order valence-electron chi connectivity index (χ1n) is 8.59. The number of Topliss-reactive ketones (excluding diaryl/α,β-unsaturated/α-hetero) is 1. The molecular weight excluding hydrogens is 350 g/mol. The number of ether oxygens (including phenoxy) is 3. The van der Waals surface area contributed by atoms with Crippen molar-refractivity contribution < 1.29 is 28.6 Å². The number of para-hydroxylation sites is 1. The van der Waals surface area contributed by atoms with Crippen molar-refractivity contribution in [2.24, 2.45) is 0 Å². The first kappa shape index (κ1) is 17.1. The van der Waals surface area contributed by atoms with Gasteiger partial charge >= 0.3 is 0 Å². The van der Waals surface area contributed by atoms with Crippen molar-refractivity contribution in [1.29, 1.82) is 0 Å². The maximum Gasteiger partial charge on any atom is 0.270 e. The van der Waals surface area contributed by atoms with Crippen molar-refractivity contribution in [2.45, 2.75) is 13.0 Å². The van der Waals surface area contributed by atoms with Gasteiger partial charge in [0.15, 0.2) is 23.4 Å². The Morgan fingerprint density at radius 1 is 1.04 bits per heavy atom. The molecule has 2 aliphatic rings. The number of carbonyl (C=O) groups is 3. The molecule has 7 heteroatoms. The Morgan fingerprint density at radius 3 is 2.59 bits per heavy atom. The fourth-order valence-corrected chi connectivity index (χ4v) is 3.05. The zero-order valence-corrected chi connectivity index (χ0v) is 14.6. The van der Waals surface area contributed by atoms with Gasteiger partial charge in [0.2, 0.25) is 0 Å². The molecule has 0 bridgehead atoms. The number of ketones is 1. The summed E-state index contributed by atoms with van der Waals surface area (Å²) < 4.78 is 16.5. The van der Waals surface area contributed by atoms with Gasteiger partial charge in [-0.1, -0.05) is 12.1 Å². The van der Waals surface area contributed by atoms with E-state index in [1.807, 2.05) is 0 Å². The van der Waals surface area contributed by atoms with Gasteiger partial charge in [-0.25, -0.2) is 0 Å². The summed E-state index contributed by atoms with van der Waals surface area (Å²) in [5.41, 5.74) is 0.594. The molecule has 1 atom stereocenters. The van der Waals surface area contributed by atoms with Gasteiger partial charge in [-0.15, -0.1) is 0 Å². The van der Waals surface area contributed by atoms with Crippen LogP contribution in [0.2, 0.25) is 0 Å². The second kappa shape index (κ2) is 6.75. The highest BCUT2D eigenvalue weighted by molar-refractivity contribution is 6.12. The topological polar surface area (TPSA) is 82.1 Å². The maximum absolute atomic E-state index is 12.8. The molecule has 2 aromatic carbocycles. The molecule has 2 amide bonds. The average Bonchev–Trinajstić information content (AvgIpc) is 2.78. The quantitative estimate of drug-likeness (QED) is 0.610. The van der Waals surface area contributed by atoms with Crippen molar-refractivity contribution in [3.8, 4) is 17.2 Å². The van der Waals surface area contributed by atoms with Crippen LogP contribution in [0, 0.1) is 0 Å². The minimum Gasteiger partial charge on any atom is -0.486 e. The fraction of sp³-hybridized carbons (Fsp3) is 0.250. The highest BCUT2D eigenvalue weighted by Gasteiger charge is 2.35. The van der Waals surface area contributed by atoms with Gasteiger partial charge in [0.1, 0.15) is 19.0 Å². The van der Waals surface area contributed by atoms with E-state index in [1.54, 1.807) is 49.4 Å². The van der Waals surface area contributed by atoms with Gasteiger partial charge in [-0.05, 0) is 37.3 Å². The molecular formula is C20H17NO6. The van der Waals surface area contributed by atoms with E-state index in [9.17, 15) is 14.4 Å². The van der Waals surface area contributed by atoms with E-state index in [0.29, 0.717) is 36.0 Å².